The fraction of sp³-hybridized carbons (Fsp3) is 0.586. The van der Waals surface area contributed by atoms with Crippen molar-refractivity contribution in [3.8, 4) is 0 Å². The third kappa shape index (κ3) is 11.0. The maximum atomic E-state index is 10.6. The molecule has 1 spiro atoms. The van der Waals surface area contributed by atoms with Crippen LogP contribution in [0.3, 0.4) is 0 Å². The second-order valence-corrected chi connectivity index (χ2v) is 10.1. The van der Waals surface area contributed by atoms with Crippen molar-refractivity contribution in [3.63, 3.8) is 0 Å². The molecule has 0 aromatic carbocycles. The van der Waals surface area contributed by atoms with Crippen molar-refractivity contribution in [1.29, 1.82) is 0 Å². The number of carboxylic acids is 1. The molecular weight excluding hydrogens is 460 g/mol. The minimum atomic E-state index is -1.01. The van der Waals surface area contributed by atoms with Crippen LogP contribution in [0.2, 0.25) is 0 Å². The molecule has 2 rings (SSSR count). The fourth-order valence-corrected chi connectivity index (χ4v) is 4.30. The Morgan fingerprint density at radius 1 is 1.08 bits per heavy atom. The average molecular weight is 503 g/mol. The Balaban J connectivity index is 0.00000205. The quantitative estimate of drug-likeness (QED) is 0.321. The van der Waals surface area contributed by atoms with Crippen LogP contribution >= 0.6 is 0 Å². The highest BCUT2D eigenvalue weighted by molar-refractivity contribution is 5.79. The molecule has 7 nitrogen and oxygen atoms in total. The van der Waals surface area contributed by atoms with Gasteiger partial charge in [0.1, 0.15) is 0 Å². The molecule has 7 heteroatoms. The molecule has 0 amide bonds. The van der Waals surface area contributed by atoms with E-state index in [0.717, 1.165) is 49.3 Å². The SMILES string of the molecule is C=C(C)/C=C/[C@@H]1O[C@@]2(CC[C@@H]1C)CC[C@H](C)[C@@H](C/C=C(C)/C=C/[C@H](O)[C@@H](C)/C=C/C(=O)O)O2.O=C=O. The number of carbonyl (C=O) groups excluding carboxylic acids is 2. The Hall–Kier alpha value is -2.57. The van der Waals surface area contributed by atoms with Gasteiger partial charge in [-0.2, -0.15) is 9.59 Å². The topological polar surface area (TPSA) is 110 Å². The van der Waals surface area contributed by atoms with E-state index in [1.165, 1.54) is 6.08 Å². The molecule has 7 atom stereocenters. The summed E-state index contributed by atoms with van der Waals surface area (Å²) in [6, 6.07) is 0. The van der Waals surface area contributed by atoms with Gasteiger partial charge in [-0.05, 0) is 44.9 Å². The molecule has 2 aliphatic heterocycles. The Morgan fingerprint density at radius 2 is 1.69 bits per heavy atom. The van der Waals surface area contributed by atoms with E-state index in [2.05, 4.69) is 32.6 Å². The van der Waals surface area contributed by atoms with E-state index in [1.54, 1.807) is 13.0 Å². The summed E-state index contributed by atoms with van der Waals surface area (Å²) in [5, 5.41) is 18.9. The first-order chi connectivity index (χ1) is 16.9. The van der Waals surface area contributed by atoms with E-state index in [0.29, 0.717) is 11.8 Å². The number of rotatable bonds is 9. The van der Waals surface area contributed by atoms with Crippen molar-refractivity contribution in [3.05, 3.63) is 60.3 Å². The summed E-state index contributed by atoms with van der Waals surface area (Å²) in [6.07, 6.45) is 16.9. The summed E-state index contributed by atoms with van der Waals surface area (Å²) in [7, 11) is 0. The predicted molar refractivity (Wildman–Crippen MR) is 138 cm³/mol. The first-order valence-electron chi connectivity index (χ1n) is 12.6. The Morgan fingerprint density at radius 3 is 2.28 bits per heavy atom. The smallest absolute Gasteiger partial charge is 0.373 e. The second kappa shape index (κ2) is 15.5. The summed E-state index contributed by atoms with van der Waals surface area (Å²) in [5.74, 6) is -0.887. The summed E-state index contributed by atoms with van der Waals surface area (Å²) < 4.78 is 13.2. The minimum absolute atomic E-state index is 0.0448. The predicted octanol–water partition coefficient (Wildman–Crippen LogP) is 5.39. The molecule has 0 saturated carbocycles. The van der Waals surface area contributed by atoms with Crippen LogP contribution in [0.15, 0.2) is 60.3 Å². The zero-order valence-corrected chi connectivity index (χ0v) is 22.2. The number of aliphatic carboxylic acids is 1. The first kappa shape index (κ1) is 31.5. The molecule has 2 aliphatic rings. The molecule has 0 aliphatic carbocycles. The van der Waals surface area contributed by atoms with Gasteiger partial charge in [0.2, 0.25) is 0 Å². The third-order valence-corrected chi connectivity index (χ3v) is 6.75. The molecule has 2 N–H and O–H groups in total. The van der Waals surface area contributed by atoms with Crippen molar-refractivity contribution in [1.82, 2.24) is 0 Å². The number of hydrogen-bond acceptors (Lipinski definition) is 6. The van der Waals surface area contributed by atoms with Crippen molar-refractivity contribution in [2.24, 2.45) is 17.8 Å². The minimum Gasteiger partial charge on any atom is -0.478 e. The Bertz CT molecular complexity index is 874. The molecule has 2 fully saturated rings. The van der Waals surface area contributed by atoms with Crippen molar-refractivity contribution in [2.45, 2.75) is 90.8 Å². The summed E-state index contributed by atoms with van der Waals surface area (Å²) in [6.45, 7) is 14.2. The van der Waals surface area contributed by atoms with Crippen LogP contribution in [-0.4, -0.2) is 46.4 Å². The largest absolute Gasteiger partial charge is 0.478 e. The van der Waals surface area contributed by atoms with Crippen molar-refractivity contribution < 1.29 is 34.1 Å². The number of carboxylic acid groups (broad SMARTS) is 1. The molecule has 0 bridgehead atoms. The van der Waals surface area contributed by atoms with E-state index >= 15 is 0 Å². The van der Waals surface area contributed by atoms with Crippen LogP contribution < -0.4 is 0 Å². The average Bonchev–Trinajstić information content (AvgIpc) is 2.82. The second-order valence-electron chi connectivity index (χ2n) is 10.1. The zero-order valence-electron chi connectivity index (χ0n) is 22.2. The molecule has 36 heavy (non-hydrogen) atoms. The maximum Gasteiger partial charge on any atom is 0.373 e. The number of carbonyl (C=O) groups is 1. The number of aliphatic hydroxyl groups excluding tert-OH is 1. The Kier molecular flexibility index (Phi) is 13.6. The maximum absolute atomic E-state index is 10.6. The van der Waals surface area contributed by atoms with Gasteiger partial charge in [-0.3, -0.25) is 0 Å². The monoisotopic (exact) mass is 502 g/mol. The molecule has 2 saturated heterocycles. The fourth-order valence-electron chi connectivity index (χ4n) is 4.30. The number of hydrogen-bond donors (Lipinski definition) is 2. The van der Waals surface area contributed by atoms with Gasteiger partial charge in [0.15, 0.2) is 5.79 Å². The molecule has 0 radical (unpaired) electrons. The zero-order chi connectivity index (χ0) is 27.3. The van der Waals surface area contributed by atoms with Crippen LogP contribution in [0.1, 0.15) is 66.7 Å². The van der Waals surface area contributed by atoms with E-state index in [9.17, 15) is 9.90 Å². The van der Waals surface area contributed by atoms with Crippen LogP contribution in [0, 0.1) is 17.8 Å². The van der Waals surface area contributed by atoms with Gasteiger partial charge >= 0.3 is 12.1 Å². The normalized spacial score (nSPS) is 30.7. The van der Waals surface area contributed by atoms with E-state index in [-0.39, 0.29) is 24.3 Å². The van der Waals surface area contributed by atoms with Crippen LogP contribution in [0.4, 0.5) is 0 Å². The molecule has 200 valence electrons. The van der Waals surface area contributed by atoms with Gasteiger partial charge in [-0.1, -0.05) is 75.0 Å². The van der Waals surface area contributed by atoms with Gasteiger partial charge in [-0.15, -0.1) is 0 Å². The van der Waals surface area contributed by atoms with Crippen molar-refractivity contribution >= 4 is 12.1 Å². The Labute approximate surface area is 215 Å². The van der Waals surface area contributed by atoms with Crippen LogP contribution in [0.5, 0.6) is 0 Å². The lowest BCUT2D eigenvalue weighted by Crippen LogP contribution is -2.51. The van der Waals surface area contributed by atoms with Crippen LogP contribution in [0.25, 0.3) is 0 Å². The highest BCUT2D eigenvalue weighted by atomic mass is 16.7. The van der Waals surface area contributed by atoms with E-state index in [1.807, 2.05) is 26.0 Å². The number of aliphatic hydroxyl groups is 1. The van der Waals surface area contributed by atoms with Gasteiger partial charge in [0, 0.05) is 24.8 Å². The van der Waals surface area contributed by atoms with Gasteiger partial charge in [0.05, 0.1) is 18.3 Å². The highest BCUT2D eigenvalue weighted by Gasteiger charge is 2.45. The summed E-state index contributed by atoms with van der Waals surface area (Å²) >= 11 is 0. The number of allylic oxidation sites excluding steroid dienone is 4. The molecule has 0 unspecified atom stereocenters. The van der Waals surface area contributed by atoms with Gasteiger partial charge < -0.3 is 19.7 Å². The third-order valence-electron chi connectivity index (χ3n) is 6.75. The lowest BCUT2D eigenvalue weighted by Gasteiger charge is -2.49. The van der Waals surface area contributed by atoms with Gasteiger partial charge in [-0.25, -0.2) is 4.79 Å². The number of ether oxygens (including phenoxy) is 2. The molecular formula is C29H42O7. The molecule has 2 heterocycles. The standard InChI is InChI=1S/C28H42O5.CO2/c1-19(2)7-12-25-22(5)15-17-28(32-25)18-16-23(6)26(33-28)13-9-20(3)8-11-24(29)21(4)10-14-27(30)31;2-1-3/h7-12,14,21-26,29H,1,13,15-18H2,2-6H3,(H,30,31);/b11-8+,12-7+,14-10+,20-9+;/t21-,22-,23-,24-,25-,26+,28+;/m0./s1. The van der Waals surface area contributed by atoms with Gasteiger partial charge in [0.25, 0.3) is 0 Å². The van der Waals surface area contributed by atoms with E-state index < -0.39 is 17.9 Å². The molecule has 0 aromatic heterocycles. The van der Waals surface area contributed by atoms with E-state index in [4.69, 9.17) is 24.2 Å². The molecule has 0 aromatic rings. The highest BCUT2D eigenvalue weighted by Crippen LogP contribution is 2.43. The summed E-state index contributed by atoms with van der Waals surface area (Å²) in [5.41, 5.74) is 2.06. The van der Waals surface area contributed by atoms with Crippen LogP contribution in [-0.2, 0) is 23.9 Å². The lowest BCUT2D eigenvalue weighted by molar-refractivity contribution is -0.323. The van der Waals surface area contributed by atoms with Crippen molar-refractivity contribution in [2.75, 3.05) is 0 Å². The summed E-state index contributed by atoms with van der Waals surface area (Å²) in [4.78, 5) is 26.9. The lowest BCUT2D eigenvalue weighted by atomic mass is 9.83. The first-order valence-corrected chi connectivity index (χ1v) is 12.6.